The Morgan fingerprint density at radius 3 is 1.61 bits per heavy atom. The fourth-order valence-corrected chi connectivity index (χ4v) is 3.97. The molecule has 0 bridgehead atoms. The van der Waals surface area contributed by atoms with Gasteiger partial charge in [-0.15, -0.1) is 0 Å². The summed E-state index contributed by atoms with van der Waals surface area (Å²) in [6, 6.07) is 0. The summed E-state index contributed by atoms with van der Waals surface area (Å²) in [5, 5.41) is 100.0. The second-order valence-corrected chi connectivity index (χ2v) is 8.32. The molecule has 15 atom stereocenters. The molecule has 3 saturated heterocycles. The minimum absolute atomic E-state index is 0.747. The summed E-state index contributed by atoms with van der Waals surface area (Å²) < 4.78 is 26.7. The summed E-state index contributed by atoms with van der Waals surface area (Å²) in [7, 11) is 0. The van der Waals surface area contributed by atoms with Crippen LogP contribution < -0.4 is 0 Å². The minimum Gasteiger partial charge on any atom is -0.394 e. The van der Waals surface area contributed by atoms with Gasteiger partial charge >= 0.3 is 0 Å². The number of rotatable bonds is 6. The molecule has 0 aromatic rings. The lowest BCUT2D eigenvalue weighted by atomic mass is 9.96. The Morgan fingerprint density at radius 2 is 1.03 bits per heavy atom. The third-order valence-corrected chi connectivity index (χ3v) is 6.06. The van der Waals surface area contributed by atoms with Crippen molar-refractivity contribution in [1.82, 2.24) is 0 Å². The second kappa shape index (κ2) is 11.0. The fraction of sp³-hybridized carbons (Fsp3) is 1.00. The van der Waals surface area contributed by atoms with Crippen molar-refractivity contribution in [2.75, 3.05) is 13.2 Å². The van der Waals surface area contributed by atoms with Gasteiger partial charge in [0.1, 0.15) is 67.1 Å². The SMILES string of the molecule is CC1O[C@@H](OC2[C@H](O)OC(CO)[C@H](O)[C@@H]2O[C@H]2OC(CO)[C@H](O)[C@H](O)C2O)C(O)[C@@H](O)[C@@H]1O. The summed E-state index contributed by atoms with van der Waals surface area (Å²) in [6.07, 6.45) is -24.1. The molecule has 3 rings (SSSR count). The molecule has 10 N–H and O–H groups in total. The zero-order chi connectivity index (χ0) is 24.6. The lowest BCUT2D eigenvalue weighted by Crippen LogP contribution is -2.66. The molecule has 0 aromatic heterocycles. The summed E-state index contributed by atoms with van der Waals surface area (Å²) >= 11 is 0. The van der Waals surface area contributed by atoms with E-state index in [0.29, 0.717) is 0 Å². The van der Waals surface area contributed by atoms with Gasteiger partial charge in [0.05, 0.1) is 19.3 Å². The lowest BCUT2D eigenvalue weighted by molar-refractivity contribution is -0.386. The van der Waals surface area contributed by atoms with E-state index in [1.54, 1.807) is 0 Å². The Hall–Kier alpha value is -0.600. The van der Waals surface area contributed by atoms with E-state index in [2.05, 4.69) is 0 Å². The Bertz CT molecular complexity index is 624. The second-order valence-electron chi connectivity index (χ2n) is 8.32. The normalized spacial score (nSPS) is 53.7. The molecule has 0 spiro atoms. The standard InChI is InChI=1S/C18H32O15/c1-4-7(21)10(24)12(26)17(29-4)33-15-14(9(23)6(3-20)30-16(15)28)32-18-13(27)11(25)8(22)5(2-19)31-18/h4-28H,2-3H2,1H3/t4?,5?,6?,7-,8+,9+,10+,11+,12?,13?,14+,15?,16-,17+,18-/m1/s1. The highest BCUT2D eigenvalue weighted by Gasteiger charge is 2.53. The molecule has 33 heavy (non-hydrogen) atoms. The topological polar surface area (TPSA) is 248 Å². The summed E-state index contributed by atoms with van der Waals surface area (Å²) in [6.45, 7) is -0.115. The van der Waals surface area contributed by atoms with Crippen LogP contribution in [0.15, 0.2) is 0 Å². The van der Waals surface area contributed by atoms with Crippen molar-refractivity contribution in [3.8, 4) is 0 Å². The maximum Gasteiger partial charge on any atom is 0.187 e. The van der Waals surface area contributed by atoms with Gasteiger partial charge in [0.25, 0.3) is 0 Å². The van der Waals surface area contributed by atoms with Gasteiger partial charge in [-0.05, 0) is 6.92 Å². The maximum absolute atomic E-state index is 10.6. The monoisotopic (exact) mass is 488 g/mol. The number of aliphatic hydroxyl groups excluding tert-OH is 10. The van der Waals surface area contributed by atoms with Crippen molar-refractivity contribution in [3.05, 3.63) is 0 Å². The van der Waals surface area contributed by atoms with Crippen LogP contribution in [0.1, 0.15) is 6.92 Å². The quantitative estimate of drug-likeness (QED) is 0.167. The van der Waals surface area contributed by atoms with Crippen molar-refractivity contribution in [2.45, 2.75) is 99.0 Å². The average molecular weight is 488 g/mol. The van der Waals surface area contributed by atoms with Gasteiger partial charge in [-0.1, -0.05) is 0 Å². The van der Waals surface area contributed by atoms with Crippen LogP contribution in [0.2, 0.25) is 0 Å². The molecule has 3 heterocycles. The minimum atomic E-state index is -1.88. The van der Waals surface area contributed by atoms with E-state index in [-0.39, 0.29) is 0 Å². The fourth-order valence-electron chi connectivity index (χ4n) is 3.97. The predicted octanol–water partition coefficient (Wildman–Crippen LogP) is -6.55. The number of ether oxygens (including phenoxy) is 5. The van der Waals surface area contributed by atoms with Crippen LogP contribution in [0.3, 0.4) is 0 Å². The summed E-state index contributed by atoms with van der Waals surface area (Å²) in [5.74, 6) is 0. The van der Waals surface area contributed by atoms with Gasteiger partial charge < -0.3 is 74.7 Å². The molecule has 3 fully saturated rings. The van der Waals surface area contributed by atoms with Gasteiger partial charge in [0.2, 0.25) is 0 Å². The van der Waals surface area contributed by atoms with Gasteiger partial charge in [-0.2, -0.15) is 0 Å². The first kappa shape index (κ1) is 27.0. The van der Waals surface area contributed by atoms with E-state index in [9.17, 15) is 51.1 Å². The molecule has 15 nitrogen and oxygen atoms in total. The van der Waals surface area contributed by atoms with E-state index < -0.39 is 105 Å². The first-order chi connectivity index (χ1) is 15.5. The molecule has 0 aromatic carbocycles. The number of aliphatic hydroxyl groups is 10. The molecule has 194 valence electrons. The summed E-state index contributed by atoms with van der Waals surface area (Å²) in [4.78, 5) is 0. The van der Waals surface area contributed by atoms with Crippen molar-refractivity contribution < 1.29 is 74.7 Å². The van der Waals surface area contributed by atoms with Crippen LogP contribution in [0, 0.1) is 0 Å². The highest BCUT2D eigenvalue weighted by atomic mass is 16.8. The lowest BCUT2D eigenvalue weighted by Gasteiger charge is -2.48. The zero-order valence-corrected chi connectivity index (χ0v) is 17.6. The van der Waals surface area contributed by atoms with Gasteiger partial charge in [-0.3, -0.25) is 0 Å². The van der Waals surface area contributed by atoms with E-state index in [1.165, 1.54) is 6.92 Å². The highest BCUT2D eigenvalue weighted by Crippen LogP contribution is 2.32. The molecular weight excluding hydrogens is 456 g/mol. The molecule has 0 aliphatic carbocycles. The first-order valence-corrected chi connectivity index (χ1v) is 10.4. The molecule has 0 radical (unpaired) electrons. The van der Waals surface area contributed by atoms with Crippen LogP contribution in [-0.2, 0) is 23.7 Å². The maximum atomic E-state index is 10.6. The smallest absolute Gasteiger partial charge is 0.187 e. The Balaban J connectivity index is 1.82. The molecule has 3 aliphatic heterocycles. The van der Waals surface area contributed by atoms with Crippen LogP contribution >= 0.6 is 0 Å². The molecule has 3 aliphatic rings. The van der Waals surface area contributed by atoms with Crippen LogP contribution in [-0.4, -0.2) is 156 Å². The van der Waals surface area contributed by atoms with Crippen molar-refractivity contribution in [3.63, 3.8) is 0 Å². The van der Waals surface area contributed by atoms with E-state index in [1.807, 2.05) is 0 Å². The highest BCUT2D eigenvalue weighted by molar-refractivity contribution is 4.96. The van der Waals surface area contributed by atoms with Gasteiger partial charge in [-0.25, -0.2) is 0 Å². The number of hydrogen-bond donors (Lipinski definition) is 10. The molecule has 15 heteroatoms. The predicted molar refractivity (Wildman–Crippen MR) is 99.8 cm³/mol. The van der Waals surface area contributed by atoms with E-state index in [4.69, 9.17) is 23.7 Å². The molecular formula is C18H32O15. The van der Waals surface area contributed by atoms with Crippen molar-refractivity contribution in [2.24, 2.45) is 0 Å². The Morgan fingerprint density at radius 1 is 0.545 bits per heavy atom. The van der Waals surface area contributed by atoms with Crippen molar-refractivity contribution in [1.29, 1.82) is 0 Å². The van der Waals surface area contributed by atoms with E-state index in [0.717, 1.165) is 0 Å². The Kier molecular flexibility index (Phi) is 8.99. The van der Waals surface area contributed by atoms with Crippen LogP contribution in [0.5, 0.6) is 0 Å². The number of hydrogen-bond acceptors (Lipinski definition) is 15. The largest absolute Gasteiger partial charge is 0.394 e. The van der Waals surface area contributed by atoms with Crippen LogP contribution in [0.4, 0.5) is 0 Å². The third-order valence-electron chi connectivity index (χ3n) is 6.06. The Labute approximate surface area is 187 Å². The van der Waals surface area contributed by atoms with Gasteiger partial charge in [0.15, 0.2) is 18.9 Å². The van der Waals surface area contributed by atoms with Crippen LogP contribution in [0.25, 0.3) is 0 Å². The summed E-state index contributed by atoms with van der Waals surface area (Å²) in [5.41, 5.74) is 0. The molecule has 6 unspecified atom stereocenters. The molecule has 0 amide bonds. The third kappa shape index (κ3) is 5.32. The van der Waals surface area contributed by atoms with Gasteiger partial charge in [0, 0.05) is 0 Å². The molecule has 0 saturated carbocycles. The average Bonchev–Trinajstić information content (AvgIpc) is 2.79. The van der Waals surface area contributed by atoms with E-state index >= 15 is 0 Å². The van der Waals surface area contributed by atoms with Crippen molar-refractivity contribution >= 4 is 0 Å². The first-order valence-electron chi connectivity index (χ1n) is 10.4. The zero-order valence-electron chi connectivity index (χ0n) is 17.6.